The summed E-state index contributed by atoms with van der Waals surface area (Å²) in [5.74, 6) is -4.49. The molecule has 3 aromatic rings. The number of aromatic nitrogens is 1. The van der Waals surface area contributed by atoms with Crippen LogP contribution in [0.4, 0.5) is 17.6 Å². The number of carboxylic acid groups (broad SMARTS) is 1. The van der Waals surface area contributed by atoms with E-state index >= 15 is 0 Å². The number of likely N-dealkylation sites (tertiary alicyclic amines) is 1. The molecule has 1 aliphatic rings. The molecule has 1 saturated heterocycles. The van der Waals surface area contributed by atoms with Crippen LogP contribution in [0.3, 0.4) is 0 Å². The maximum absolute atomic E-state index is 14.8. The van der Waals surface area contributed by atoms with E-state index in [-0.39, 0.29) is 18.4 Å². The number of carboxylic acids is 1. The topological polar surface area (TPSA) is 82.9 Å². The van der Waals surface area contributed by atoms with Crippen LogP contribution in [0.15, 0.2) is 41.4 Å². The number of benzene rings is 2. The highest BCUT2D eigenvalue weighted by Gasteiger charge is 2.37. The van der Waals surface area contributed by atoms with Crippen LogP contribution < -0.4 is 4.74 Å². The Bertz CT molecular complexity index is 1310. The van der Waals surface area contributed by atoms with E-state index in [4.69, 9.17) is 4.74 Å². The zero-order valence-corrected chi connectivity index (χ0v) is 22.2. The number of methoxy groups -OCH3 is 1. The number of thioether (sulfide) groups is 1. The largest absolute Gasteiger partial charge is 0.497 e. The van der Waals surface area contributed by atoms with E-state index in [2.05, 4.69) is 9.88 Å². The van der Waals surface area contributed by atoms with Gasteiger partial charge in [-0.3, -0.25) is 9.78 Å². The van der Waals surface area contributed by atoms with Crippen molar-refractivity contribution in [2.45, 2.75) is 43.1 Å². The highest BCUT2D eigenvalue weighted by molar-refractivity contribution is 7.99. The Kier molecular flexibility index (Phi) is 9.35. The number of aliphatic carboxylic acids is 1. The molecule has 0 bridgehead atoms. The van der Waals surface area contributed by atoms with Crippen molar-refractivity contribution in [3.05, 3.63) is 65.4 Å². The molecule has 1 aliphatic heterocycles. The Labute approximate surface area is 228 Å². The van der Waals surface area contributed by atoms with E-state index in [9.17, 15) is 32.6 Å². The number of halogens is 4. The average molecular weight is 567 g/mol. The van der Waals surface area contributed by atoms with Crippen LogP contribution in [0.1, 0.15) is 43.8 Å². The van der Waals surface area contributed by atoms with Gasteiger partial charge in [0.1, 0.15) is 11.6 Å². The third-order valence-corrected chi connectivity index (χ3v) is 8.38. The summed E-state index contributed by atoms with van der Waals surface area (Å²) in [5, 5.41) is 21.1. The van der Waals surface area contributed by atoms with Crippen LogP contribution >= 0.6 is 11.8 Å². The molecule has 2 heterocycles. The third kappa shape index (κ3) is 7.01. The van der Waals surface area contributed by atoms with Crippen LogP contribution in [0.25, 0.3) is 10.9 Å². The zero-order valence-electron chi connectivity index (χ0n) is 21.4. The lowest BCUT2D eigenvalue weighted by Crippen LogP contribution is -2.42. The maximum atomic E-state index is 14.8. The van der Waals surface area contributed by atoms with E-state index in [1.807, 2.05) is 0 Å². The molecule has 1 unspecified atom stereocenters. The monoisotopic (exact) mass is 566 g/mol. The Morgan fingerprint density at radius 3 is 2.46 bits per heavy atom. The molecular formula is C28H30F4N2O4S. The summed E-state index contributed by atoms with van der Waals surface area (Å²) in [6.45, 7) is 1.83. The number of aliphatic hydroxyl groups is 1. The van der Waals surface area contributed by atoms with Crippen molar-refractivity contribution < 1.29 is 37.3 Å². The summed E-state index contributed by atoms with van der Waals surface area (Å²) in [4.78, 5) is 18.3. The molecule has 39 heavy (non-hydrogen) atoms. The number of carbonyl (C=O) groups is 1. The number of hydrogen-bond donors (Lipinski definition) is 2. The van der Waals surface area contributed by atoms with Gasteiger partial charge in [-0.15, -0.1) is 11.8 Å². The standard InChI is InChI=1S/C28H30F4N2O4S/c1-38-17-2-3-23-19(12-17)26(22(31)16-33-23)24(35)4-5-28(15-25(36)37)6-8-34(9-7-28)10-11-39-18-13-20(29)27(32)21(30)14-18/h2-3,12-14,16,24,35H,4-11,15H2,1H3,(H,36,37). The molecule has 1 fully saturated rings. The molecule has 0 amide bonds. The van der Waals surface area contributed by atoms with Crippen LogP contribution in [-0.4, -0.2) is 58.6 Å². The minimum absolute atomic E-state index is 0.0656. The van der Waals surface area contributed by atoms with Gasteiger partial charge in [0.15, 0.2) is 17.5 Å². The molecule has 2 aromatic carbocycles. The van der Waals surface area contributed by atoms with Crippen molar-refractivity contribution in [2.75, 3.05) is 32.5 Å². The first-order valence-corrected chi connectivity index (χ1v) is 13.6. The minimum Gasteiger partial charge on any atom is -0.497 e. The van der Waals surface area contributed by atoms with Crippen LogP contribution in [0, 0.1) is 28.7 Å². The lowest BCUT2D eigenvalue weighted by Gasteiger charge is -2.41. The Morgan fingerprint density at radius 1 is 1.13 bits per heavy atom. The summed E-state index contributed by atoms with van der Waals surface area (Å²) in [5.41, 5.74) is 0.0766. The highest BCUT2D eigenvalue weighted by Crippen LogP contribution is 2.42. The zero-order chi connectivity index (χ0) is 28.2. The molecular weight excluding hydrogens is 536 g/mol. The van der Waals surface area contributed by atoms with Gasteiger partial charge in [-0.1, -0.05) is 0 Å². The Balaban J connectivity index is 1.38. The summed E-state index contributed by atoms with van der Waals surface area (Å²) in [6, 6.07) is 6.95. The smallest absolute Gasteiger partial charge is 0.303 e. The number of ether oxygens (including phenoxy) is 1. The molecule has 4 rings (SSSR count). The van der Waals surface area contributed by atoms with Gasteiger partial charge in [0.05, 0.1) is 31.3 Å². The van der Waals surface area contributed by atoms with Gasteiger partial charge in [-0.25, -0.2) is 17.6 Å². The average Bonchev–Trinajstić information content (AvgIpc) is 2.90. The molecule has 2 N–H and O–H groups in total. The van der Waals surface area contributed by atoms with Crippen LogP contribution in [-0.2, 0) is 4.79 Å². The van der Waals surface area contributed by atoms with E-state index in [0.29, 0.717) is 66.2 Å². The summed E-state index contributed by atoms with van der Waals surface area (Å²) >= 11 is 1.21. The Morgan fingerprint density at radius 2 is 1.82 bits per heavy atom. The van der Waals surface area contributed by atoms with Gasteiger partial charge in [0, 0.05) is 28.1 Å². The number of hydrogen-bond acceptors (Lipinski definition) is 6. The fourth-order valence-corrected chi connectivity index (χ4v) is 6.17. The second-order valence-electron chi connectivity index (χ2n) is 9.92. The number of nitrogens with zero attached hydrogens (tertiary/aromatic N) is 2. The molecule has 0 spiro atoms. The maximum Gasteiger partial charge on any atom is 0.303 e. The molecule has 0 aliphatic carbocycles. The normalized spacial score (nSPS) is 16.4. The summed E-state index contributed by atoms with van der Waals surface area (Å²) in [6.07, 6.45) is 1.57. The fourth-order valence-electron chi connectivity index (χ4n) is 5.22. The third-order valence-electron chi connectivity index (χ3n) is 7.43. The summed E-state index contributed by atoms with van der Waals surface area (Å²) in [7, 11) is 1.49. The van der Waals surface area contributed by atoms with Gasteiger partial charge < -0.3 is 19.8 Å². The first kappa shape index (κ1) is 29.1. The first-order valence-electron chi connectivity index (χ1n) is 12.6. The van der Waals surface area contributed by atoms with Crippen molar-refractivity contribution >= 4 is 28.6 Å². The molecule has 1 atom stereocenters. The number of fused-ring (bicyclic) bond motifs is 1. The van der Waals surface area contributed by atoms with Gasteiger partial charge in [-0.2, -0.15) is 0 Å². The van der Waals surface area contributed by atoms with E-state index in [1.54, 1.807) is 18.2 Å². The molecule has 6 nitrogen and oxygen atoms in total. The lowest BCUT2D eigenvalue weighted by molar-refractivity contribution is -0.141. The Hall–Kier alpha value is -2.89. The fraction of sp³-hybridized carbons (Fsp3) is 0.429. The second kappa shape index (κ2) is 12.5. The second-order valence-corrected chi connectivity index (χ2v) is 11.1. The quantitative estimate of drug-likeness (QED) is 0.168. The van der Waals surface area contributed by atoms with Crippen molar-refractivity contribution in [1.29, 1.82) is 0 Å². The van der Waals surface area contributed by atoms with Gasteiger partial charge in [0.2, 0.25) is 0 Å². The van der Waals surface area contributed by atoms with E-state index < -0.39 is 40.8 Å². The summed E-state index contributed by atoms with van der Waals surface area (Å²) < 4.78 is 60.1. The van der Waals surface area contributed by atoms with E-state index in [0.717, 1.165) is 18.3 Å². The number of piperidine rings is 1. The lowest BCUT2D eigenvalue weighted by atomic mass is 9.71. The molecule has 1 aromatic heterocycles. The number of rotatable bonds is 11. The van der Waals surface area contributed by atoms with Gasteiger partial charge >= 0.3 is 5.97 Å². The van der Waals surface area contributed by atoms with Crippen molar-refractivity contribution in [3.63, 3.8) is 0 Å². The predicted molar refractivity (Wildman–Crippen MR) is 140 cm³/mol. The van der Waals surface area contributed by atoms with Crippen molar-refractivity contribution in [3.8, 4) is 5.75 Å². The first-order chi connectivity index (χ1) is 18.6. The van der Waals surface area contributed by atoms with Gasteiger partial charge in [-0.05, 0) is 74.5 Å². The minimum atomic E-state index is -1.49. The highest BCUT2D eigenvalue weighted by atomic mass is 32.2. The molecule has 0 saturated carbocycles. The SMILES string of the molecule is COc1ccc2ncc(F)c(C(O)CCC3(CC(=O)O)CCN(CCSc4cc(F)c(F)c(F)c4)CC3)c2c1. The number of pyridine rings is 1. The van der Waals surface area contributed by atoms with Crippen LogP contribution in [0.2, 0.25) is 0 Å². The van der Waals surface area contributed by atoms with E-state index in [1.165, 1.54) is 18.9 Å². The molecule has 11 heteroatoms. The number of aliphatic hydroxyl groups excluding tert-OH is 1. The van der Waals surface area contributed by atoms with Crippen molar-refractivity contribution in [2.24, 2.45) is 5.41 Å². The van der Waals surface area contributed by atoms with Crippen molar-refractivity contribution in [1.82, 2.24) is 9.88 Å². The predicted octanol–water partition coefficient (Wildman–Crippen LogP) is 5.96. The van der Waals surface area contributed by atoms with Gasteiger partial charge in [0.25, 0.3) is 0 Å². The van der Waals surface area contributed by atoms with Crippen LogP contribution in [0.5, 0.6) is 5.75 Å². The molecule has 0 radical (unpaired) electrons. The molecule has 210 valence electrons.